The van der Waals surface area contributed by atoms with Gasteiger partial charge in [0.25, 0.3) is 5.91 Å². The summed E-state index contributed by atoms with van der Waals surface area (Å²) in [6, 6.07) is 11.1. The number of carbonyl (C=O) groups is 2. The molecule has 1 fully saturated rings. The smallest absolute Gasteiger partial charge is 0.260 e. The summed E-state index contributed by atoms with van der Waals surface area (Å²) in [4.78, 5) is 33.5. The zero-order chi connectivity index (χ0) is 26.6. The molecule has 0 aliphatic carbocycles. The number of benzene rings is 1. The number of rotatable bonds is 8. The first-order chi connectivity index (χ1) is 17.5. The Morgan fingerprint density at radius 3 is 2.62 bits per heavy atom. The number of pyridine rings is 2. The minimum absolute atomic E-state index is 0.209. The van der Waals surface area contributed by atoms with E-state index in [1.165, 1.54) is 32.2 Å². The Morgan fingerprint density at radius 1 is 1.16 bits per heavy atom. The van der Waals surface area contributed by atoms with E-state index >= 15 is 0 Å². The summed E-state index contributed by atoms with van der Waals surface area (Å²) < 4.78 is 34.5. The fourth-order valence-electron chi connectivity index (χ4n) is 4.20. The van der Waals surface area contributed by atoms with Crippen molar-refractivity contribution in [1.82, 2.24) is 20.6 Å². The molecule has 194 valence electrons. The van der Waals surface area contributed by atoms with Crippen molar-refractivity contribution in [2.24, 2.45) is 0 Å². The lowest BCUT2D eigenvalue weighted by molar-refractivity contribution is -0.125. The van der Waals surface area contributed by atoms with Crippen LogP contribution in [0.25, 0.3) is 11.3 Å². The van der Waals surface area contributed by atoms with Crippen LogP contribution in [0, 0.1) is 5.82 Å². The molecule has 0 spiro atoms. The summed E-state index contributed by atoms with van der Waals surface area (Å²) in [5.41, 5.74) is 0.0746. The molecule has 1 saturated heterocycles. The molecule has 9 heteroatoms. The van der Waals surface area contributed by atoms with Crippen LogP contribution in [0.5, 0.6) is 5.75 Å². The van der Waals surface area contributed by atoms with Gasteiger partial charge < -0.3 is 10.1 Å². The van der Waals surface area contributed by atoms with Crippen LogP contribution in [0.3, 0.4) is 0 Å². The van der Waals surface area contributed by atoms with Crippen LogP contribution in [0.2, 0.25) is 0 Å². The number of carbonyl (C=O) groups excluding carboxylic acids is 2. The van der Waals surface area contributed by atoms with Gasteiger partial charge in [0.2, 0.25) is 5.91 Å². The summed E-state index contributed by atoms with van der Waals surface area (Å²) in [5, 5.41) is 5.37. The fourth-order valence-corrected chi connectivity index (χ4v) is 4.20. The molecule has 1 atom stereocenters. The van der Waals surface area contributed by atoms with Gasteiger partial charge in [-0.25, -0.2) is 8.78 Å². The molecule has 3 heterocycles. The summed E-state index contributed by atoms with van der Waals surface area (Å²) >= 11 is 0. The van der Waals surface area contributed by atoms with E-state index < -0.39 is 28.8 Å². The third-order valence-electron chi connectivity index (χ3n) is 6.23. The van der Waals surface area contributed by atoms with E-state index in [9.17, 15) is 18.4 Å². The molecule has 2 N–H and O–H groups in total. The Labute approximate surface area is 214 Å². The lowest BCUT2D eigenvalue weighted by Gasteiger charge is -2.22. The van der Waals surface area contributed by atoms with Crippen LogP contribution in [0.15, 0.2) is 54.9 Å². The summed E-state index contributed by atoms with van der Waals surface area (Å²) in [6.45, 7) is 5.70. The summed E-state index contributed by atoms with van der Waals surface area (Å²) in [7, 11) is 0. The van der Waals surface area contributed by atoms with Gasteiger partial charge in [-0.05, 0) is 82.1 Å². The van der Waals surface area contributed by atoms with Crippen molar-refractivity contribution in [3.63, 3.8) is 0 Å². The maximum atomic E-state index is 14.8. The van der Waals surface area contributed by atoms with Gasteiger partial charge in [0.05, 0.1) is 23.0 Å². The molecule has 2 amide bonds. The maximum Gasteiger partial charge on any atom is 0.260 e. The fraction of sp³-hybridized carbons (Fsp3) is 0.357. The highest BCUT2D eigenvalue weighted by Crippen LogP contribution is 2.24. The van der Waals surface area contributed by atoms with E-state index in [4.69, 9.17) is 4.74 Å². The molecule has 2 aromatic heterocycles. The van der Waals surface area contributed by atoms with Crippen molar-refractivity contribution in [1.29, 1.82) is 0 Å². The first-order valence-electron chi connectivity index (χ1n) is 12.1. The number of ether oxygens (including phenoxy) is 1. The number of nitrogens with one attached hydrogen (secondary N) is 2. The topological polar surface area (TPSA) is 93.2 Å². The maximum absolute atomic E-state index is 14.8. The number of nitrogens with zero attached hydrogens (tertiary/aromatic N) is 2. The molecule has 0 saturated carbocycles. The second-order valence-corrected chi connectivity index (χ2v) is 10.1. The largest absolute Gasteiger partial charge is 0.487 e. The molecule has 0 radical (unpaired) electrons. The lowest BCUT2D eigenvalue weighted by Crippen LogP contribution is -2.52. The highest BCUT2D eigenvalue weighted by molar-refractivity contribution is 6.07. The zero-order valence-corrected chi connectivity index (χ0v) is 21.1. The van der Waals surface area contributed by atoms with Crippen LogP contribution in [0.4, 0.5) is 8.78 Å². The van der Waals surface area contributed by atoms with Crippen molar-refractivity contribution in [3.8, 4) is 17.0 Å². The van der Waals surface area contributed by atoms with Crippen molar-refractivity contribution < 1.29 is 23.1 Å². The Bertz CT molecular complexity index is 1280. The first kappa shape index (κ1) is 26.3. The second-order valence-electron chi connectivity index (χ2n) is 10.1. The van der Waals surface area contributed by atoms with Gasteiger partial charge in [-0.3, -0.25) is 24.9 Å². The molecule has 1 aliphatic heterocycles. The summed E-state index contributed by atoms with van der Waals surface area (Å²) in [6.07, 6.45) is 4.80. The van der Waals surface area contributed by atoms with Gasteiger partial charge in [0, 0.05) is 23.9 Å². The standard InChI is InChI=1S/C28H30F2N4O3/c1-27(2,30)15-20-13-18(9-12-31-20)17-37-21-6-8-24(32-16-21)19-5-7-22(23(29)14-19)25(35)34-26(36)28(3)10-4-11-33-28/h5-9,12-14,16,33H,4,10-11,15,17H2,1-3H3,(H,34,35,36)/t28-/m0/s1. The zero-order valence-electron chi connectivity index (χ0n) is 21.1. The molecule has 3 aromatic rings. The molecule has 4 rings (SSSR count). The molecule has 37 heavy (non-hydrogen) atoms. The van der Waals surface area contributed by atoms with Gasteiger partial charge >= 0.3 is 0 Å². The first-order valence-corrected chi connectivity index (χ1v) is 12.1. The number of hydrogen-bond donors (Lipinski definition) is 2. The number of aromatic nitrogens is 2. The molecule has 0 unspecified atom stereocenters. The van der Waals surface area contributed by atoms with Crippen molar-refractivity contribution in [3.05, 3.63) is 77.5 Å². The van der Waals surface area contributed by atoms with E-state index in [-0.39, 0.29) is 18.6 Å². The van der Waals surface area contributed by atoms with Gasteiger partial charge in [0.15, 0.2) is 0 Å². The number of hydrogen-bond acceptors (Lipinski definition) is 6. The highest BCUT2D eigenvalue weighted by atomic mass is 19.1. The number of imide groups is 1. The molecular formula is C28H30F2N4O3. The average molecular weight is 509 g/mol. The Kier molecular flexibility index (Phi) is 7.63. The molecular weight excluding hydrogens is 478 g/mol. The quantitative estimate of drug-likeness (QED) is 0.434. The van der Waals surface area contributed by atoms with E-state index in [2.05, 4.69) is 20.6 Å². The molecule has 7 nitrogen and oxygen atoms in total. The number of halogens is 2. The minimum atomic E-state index is -1.35. The van der Waals surface area contributed by atoms with E-state index in [0.29, 0.717) is 35.7 Å². The van der Waals surface area contributed by atoms with E-state index in [0.717, 1.165) is 12.0 Å². The third kappa shape index (κ3) is 6.74. The highest BCUT2D eigenvalue weighted by Gasteiger charge is 2.37. The van der Waals surface area contributed by atoms with Gasteiger partial charge in [-0.15, -0.1) is 0 Å². The third-order valence-corrected chi connectivity index (χ3v) is 6.23. The monoisotopic (exact) mass is 508 g/mol. The van der Waals surface area contributed by atoms with E-state index in [1.54, 1.807) is 37.4 Å². The van der Waals surface area contributed by atoms with Gasteiger partial charge in [-0.1, -0.05) is 6.07 Å². The Morgan fingerprint density at radius 2 is 1.97 bits per heavy atom. The van der Waals surface area contributed by atoms with Crippen molar-refractivity contribution in [2.45, 2.75) is 57.8 Å². The summed E-state index contributed by atoms with van der Waals surface area (Å²) in [5.74, 6) is -1.49. The van der Waals surface area contributed by atoms with Crippen LogP contribution in [0.1, 0.15) is 55.2 Å². The van der Waals surface area contributed by atoms with Crippen LogP contribution < -0.4 is 15.4 Å². The van der Waals surface area contributed by atoms with Crippen molar-refractivity contribution in [2.75, 3.05) is 6.54 Å². The predicted octanol–water partition coefficient (Wildman–Crippen LogP) is 4.55. The SMILES string of the molecule is CC(C)(F)Cc1cc(COc2ccc(-c3ccc(C(=O)NC(=O)[C@]4(C)CCCN4)c(F)c3)nc2)ccn1. The van der Waals surface area contributed by atoms with E-state index in [1.807, 2.05) is 6.07 Å². The number of alkyl halides is 1. The molecule has 1 aliphatic rings. The van der Waals surface area contributed by atoms with Crippen LogP contribution in [-0.2, 0) is 17.8 Å². The Balaban J connectivity index is 1.37. The Hall–Kier alpha value is -3.72. The number of amides is 2. The van der Waals surface area contributed by atoms with Crippen LogP contribution >= 0.6 is 0 Å². The lowest BCUT2D eigenvalue weighted by atomic mass is 9.99. The van der Waals surface area contributed by atoms with Crippen LogP contribution in [-0.4, -0.2) is 39.5 Å². The second kappa shape index (κ2) is 10.7. The van der Waals surface area contributed by atoms with Gasteiger partial charge in [-0.2, -0.15) is 0 Å². The average Bonchev–Trinajstić information content (AvgIpc) is 3.30. The van der Waals surface area contributed by atoms with Gasteiger partial charge in [0.1, 0.15) is 23.8 Å². The molecule has 1 aromatic carbocycles. The van der Waals surface area contributed by atoms with Crippen molar-refractivity contribution >= 4 is 11.8 Å². The predicted molar refractivity (Wildman–Crippen MR) is 135 cm³/mol. The molecule has 0 bridgehead atoms. The minimum Gasteiger partial charge on any atom is -0.487 e. The normalized spacial score (nSPS) is 17.4.